The molecule has 2 rings (SSSR count). The van der Waals surface area contributed by atoms with Crippen molar-refractivity contribution in [1.29, 1.82) is 0 Å². The molecular weight excluding hydrogens is 340 g/mol. The monoisotopic (exact) mass is 354 g/mol. The Balaban J connectivity index is 1.86. The molecule has 0 bridgehead atoms. The van der Waals surface area contributed by atoms with Crippen molar-refractivity contribution in [2.75, 3.05) is 5.75 Å². The number of thioether (sulfide) groups is 1. The van der Waals surface area contributed by atoms with E-state index in [2.05, 4.69) is 36.4 Å². The van der Waals surface area contributed by atoms with Gasteiger partial charge in [0.15, 0.2) is 0 Å². The van der Waals surface area contributed by atoms with Crippen LogP contribution in [0.4, 0.5) is 0 Å². The van der Waals surface area contributed by atoms with Gasteiger partial charge in [-0.2, -0.15) is 5.10 Å². The molecule has 1 heterocycles. The van der Waals surface area contributed by atoms with E-state index in [0.717, 1.165) is 14.9 Å². The number of halogens is 1. The molecule has 106 valence electrons. The highest BCUT2D eigenvalue weighted by Gasteiger charge is 2.12. The van der Waals surface area contributed by atoms with Gasteiger partial charge in [-0.3, -0.25) is 9.89 Å². The summed E-state index contributed by atoms with van der Waals surface area (Å²) in [6.07, 6.45) is 1.43. The average Bonchev–Trinajstić information content (AvgIpc) is 2.91. The number of carbonyl (C=O) groups excluding carboxylic acids is 1. The number of nitrogens with one attached hydrogen (secondary N) is 2. The van der Waals surface area contributed by atoms with E-state index in [4.69, 9.17) is 0 Å². The maximum atomic E-state index is 11.9. The molecule has 1 aromatic heterocycles. The highest BCUT2D eigenvalue weighted by molar-refractivity contribution is 9.10. The van der Waals surface area contributed by atoms with Crippen LogP contribution in [-0.2, 0) is 4.79 Å². The van der Waals surface area contributed by atoms with Crippen LogP contribution in [0.5, 0.6) is 0 Å². The van der Waals surface area contributed by atoms with E-state index < -0.39 is 0 Å². The van der Waals surface area contributed by atoms with Gasteiger partial charge in [0.25, 0.3) is 0 Å². The number of hydrogen-bond acceptors (Lipinski definition) is 4. The quantitative estimate of drug-likeness (QED) is 0.810. The van der Waals surface area contributed by atoms with Crippen molar-refractivity contribution in [1.82, 2.24) is 20.5 Å². The summed E-state index contributed by atoms with van der Waals surface area (Å²) >= 11 is 4.95. The minimum absolute atomic E-state index is 0.0266. The van der Waals surface area contributed by atoms with Gasteiger partial charge in [0.05, 0.1) is 11.8 Å². The highest BCUT2D eigenvalue weighted by Crippen LogP contribution is 2.25. The fraction of sp³-hybridized carbons (Fsp3) is 0.308. The molecule has 0 saturated carbocycles. The molecule has 7 heteroatoms. The van der Waals surface area contributed by atoms with Crippen LogP contribution in [0.15, 0.2) is 33.9 Å². The lowest BCUT2D eigenvalue weighted by molar-refractivity contribution is -0.119. The molecule has 0 aliphatic rings. The molecule has 1 aromatic carbocycles. The van der Waals surface area contributed by atoms with Crippen LogP contribution in [0, 0.1) is 6.92 Å². The Morgan fingerprint density at radius 2 is 2.35 bits per heavy atom. The van der Waals surface area contributed by atoms with Gasteiger partial charge in [-0.25, -0.2) is 4.98 Å². The summed E-state index contributed by atoms with van der Waals surface area (Å²) in [5, 5.41) is 9.39. The summed E-state index contributed by atoms with van der Waals surface area (Å²) < 4.78 is 1.04. The molecule has 2 aromatic rings. The van der Waals surface area contributed by atoms with Gasteiger partial charge in [-0.1, -0.05) is 15.9 Å². The lowest BCUT2D eigenvalue weighted by atomic mass is 10.2. The fourth-order valence-corrected chi connectivity index (χ4v) is 2.99. The number of aryl methyl sites for hydroxylation is 1. The van der Waals surface area contributed by atoms with Crippen LogP contribution in [0.2, 0.25) is 0 Å². The maximum Gasteiger partial charge on any atom is 0.230 e. The van der Waals surface area contributed by atoms with Crippen LogP contribution in [0.1, 0.15) is 24.4 Å². The topological polar surface area (TPSA) is 70.7 Å². The summed E-state index contributed by atoms with van der Waals surface area (Å²) in [5.41, 5.74) is 1.15. The second kappa shape index (κ2) is 6.90. The van der Waals surface area contributed by atoms with Crippen LogP contribution < -0.4 is 5.32 Å². The minimum atomic E-state index is -0.170. The van der Waals surface area contributed by atoms with Gasteiger partial charge in [-0.15, -0.1) is 11.8 Å². The minimum Gasteiger partial charge on any atom is -0.346 e. The second-order valence-corrected chi connectivity index (χ2v) is 6.29. The van der Waals surface area contributed by atoms with Crippen molar-refractivity contribution in [3.63, 3.8) is 0 Å². The van der Waals surface area contributed by atoms with E-state index in [1.807, 2.05) is 32.0 Å². The number of nitrogens with zero attached hydrogens (tertiary/aromatic N) is 2. The van der Waals surface area contributed by atoms with Crippen molar-refractivity contribution in [3.05, 3.63) is 40.4 Å². The summed E-state index contributed by atoms with van der Waals surface area (Å²) in [6.45, 7) is 3.90. The third kappa shape index (κ3) is 4.08. The molecule has 1 atom stereocenters. The first-order chi connectivity index (χ1) is 9.56. The molecule has 1 unspecified atom stereocenters. The fourth-order valence-electron chi connectivity index (χ4n) is 1.69. The average molecular weight is 355 g/mol. The zero-order valence-electron chi connectivity index (χ0n) is 11.2. The second-order valence-electron chi connectivity index (χ2n) is 4.36. The third-order valence-corrected chi connectivity index (χ3v) is 4.39. The number of amides is 1. The predicted octanol–water partition coefficient (Wildman–Crippen LogP) is 2.85. The number of H-pyrrole nitrogens is 1. The number of aromatic amines is 1. The van der Waals surface area contributed by atoms with Crippen LogP contribution in [0.25, 0.3) is 0 Å². The lowest BCUT2D eigenvalue weighted by Crippen LogP contribution is -2.28. The summed E-state index contributed by atoms with van der Waals surface area (Å²) in [7, 11) is 0. The largest absolute Gasteiger partial charge is 0.346 e. The van der Waals surface area contributed by atoms with Crippen LogP contribution in [-0.4, -0.2) is 26.8 Å². The third-order valence-electron chi connectivity index (χ3n) is 2.72. The van der Waals surface area contributed by atoms with Crippen molar-refractivity contribution in [2.45, 2.75) is 24.8 Å². The van der Waals surface area contributed by atoms with Gasteiger partial charge in [0.1, 0.15) is 12.2 Å². The van der Waals surface area contributed by atoms with Crippen molar-refractivity contribution < 1.29 is 4.79 Å². The Morgan fingerprint density at radius 3 is 3.00 bits per heavy atom. The Kier molecular flexibility index (Phi) is 5.19. The van der Waals surface area contributed by atoms with E-state index in [9.17, 15) is 4.79 Å². The van der Waals surface area contributed by atoms with Gasteiger partial charge >= 0.3 is 0 Å². The molecule has 0 radical (unpaired) electrons. The Labute approximate surface area is 130 Å². The van der Waals surface area contributed by atoms with Gasteiger partial charge in [0, 0.05) is 9.37 Å². The number of benzene rings is 1. The number of hydrogen-bond donors (Lipinski definition) is 2. The Morgan fingerprint density at radius 1 is 1.55 bits per heavy atom. The van der Waals surface area contributed by atoms with Gasteiger partial charge < -0.3 is 5.32 Å². The normalized spacial score (nSPS) is 12.2. The van der Waals surface area contributed by atoms with Gasteiger partial charge in [0.2, 0.25) is 5.91 Å². The van der Waals surface area contributed by atoms with Crippen molar-refractivity contribution in [2.24, 2.45) is 0 Å². The van der Waals surface area contributed by atoms with E-state index in [1.165, 1.54) is 18.1 Å². The van der Waals surface area contributed by atoms with Crippen molar-refractivity contribution in [3.8, 4) is 0 Å². The SMILES string of the molecule is Cc1cc(Br)ccc1SCC(=O)NC(C)c1ncn[nH]1. The first-order valence-electron chi connectivity index (χ1n) is 6.10. The molecule has 5 nitrogen and oxygen atoms in total. The number of aromatic nitrogens is 3. The molecule has 2 N–H and O–H groups in total. The Hall–Kier alpha value is -1.34. The number of carbonyl (C=O) groups is 1. The van der Waals surface area contributed by atoms with E-state index >= 15 is 0 Å². The zero-order valence-corrected chi connectivity index (χ0v) is 13.6. The predicted molar refractivity (Wildman–Crippen MR) is 82.5 cm³/mol. The molecular formula is C13H15BrN4OS. The lowest BCUT2D eigenvalue weighted by Gasteiger charge is -2.11. The molecule has 0 aliphatic carbocycles. The Bertz CT molecular complexity index is 588. The zero-order chi connectivity index (χ0) is 14.5. The van der Waals surface area contributed by atoms with E-state index in [1.54, 1.807) is 0 Å². The molecule has 0 fully saturated rings. The molecule has 0 spiro atoms. The maximum absolute atomic E-state index is 11.9. The summed E-state index contributed by atoms with van der Waals surface area (Å²) in [5.74, 6) is 1.01. The first kappa shape index (κ1) is 15.1. The van der Waals surface area contributed by atoms with E-state index in [-0.39, 0.29) is 11.9 Å². The van der Waals surface area contributed by atoms with E-state index in [0.29, 0.717) is 11.6 Å². The van der Waals surface area contributed by atoms with Gasteiger partial charge in [-0.05, 0) is 37.6 Å². The number of rotatable bonds is 5. The molecule has 0 aliphatic heterocycles. The molecule has 1 amide bonds. The highest BCUT2D eigenvalue weighted by atomic mass is 79.9. The summed E-state index contributed by atoms with van der Waals surface area (Å²) in [4.78, 5) is 17.0. The van der Waals surface area contributed by atoms with Crippen molar-refractivity contribution >= 4 is 33.6 Å². The molecule has 0 saturated heterocycles. The summed E-state index contributed by atoms with van der Waals surface area (Å²) in [6, 6.07) is 5.86. The van der Waals surface area contributed by atoms with Crippen LogP contribution in [0.3, 0.4) is 0 Å². The molecule has 20 heavy (non-hydrogen) atoms. The van der Waals surface area contributed by atoms with Crippen LogP contribution >= 0.6 is 27.7 Å². The first-order valence-corrected chi connectivity index (χ1v) is 7.87. The standard InChI is InChI=1S/C13H15BrN4OS/c1-8-5-10(14)3-4-11(8)20-6-12(19)17-9(2)13-15-7-16-18-13/h3-5,7,9H,6H2,1-2H3,(H,17,19)(H,15,16,18). The smallest absolute Gasteiger partial charge is 0.230 e.